The summed E-state index contributed by atoms with van der Waals surface area (Å²) in [6, 6.07) is 9.18. The number of aliphatic hydroxyl groups excluding tert-OH is 1. The van der Waals surface area contributed by atoms with Crippen molar-refractivity contribution in [2.24, 2.45) is 5.41 Å². The zero-order valence-corrected chi connectivity index (χ0v) is 27.2. The molecule has 5 aromatic rings. The lowest BCUT2D eigenvalue weighted by molar-refractivity contribution is -0.118. The Kier molecular flexibility index (Phi) is 7.64. The Labute approximate surface area is 279 Å². The van der Waals surface area contributed by atoms with Crippen molar-refractivity contribution in [2.75, 3.05) is 18.4 Å². The highest BCUT2D eigenvalue weighted by molar-refractivity contribution is 7.13. The van der Waals surface area contributed by atoms with E-state index in [2.05, 4.69) is 44.5 Å². The van der Waals surface area contributed by atoms with Gasteiger partial charge in [-0.05, 0) is 61.4 Å². The van der Waals surface area contributed by atoms with Gasteiger partial charge in [0.15, 0.2) is 11.2 Å². The Hall–Kier alpha value is -3.35. The van der Waals surface area contributed by atoms with E-state index in [9.17, 15) is 14.3 Å². The van der Waals surface area contributed by atoms with E-state index in [1.54, 1.807) is 28.7 Å². The number of aliphatic hydroxyl groups is 1. The summed E-state index contributed by atoms with van der Waals surface area (Å²) in [5.74, 6) is -0.399. The number of anilines is 1. The topological polar surface area (TPSA) is 101 Å². The Morgan fingerprint density at radius 3 is 2.67 bits per heavy atom. The van der Waals surface area contributed by atoms with Gasteiger partial charge in [0.25, 0.3) is 5.91 Å². The molecule has 238 valence electrons. The number of imidazole rings is 1. The van der Waals surface area contributed by atoms with Crippen LogP contribution in [0.25, 0.3) is 22.0 Å². The Balaban J connectivity index is 1.07. The Morgan fingerprint density at radius 2 is 1.96 bits per heavy atom. The molecule has 2 N–H and O–H groups in total. The molecular formula is C33H32Cl2FN7O2S. The van der Waals surface area contributed by atoms with Crippen molar-refractivity contribution >= 4 is 56.5 Å². The number of carbonyl (C=O) groups is 1. The lowest BCUT2D eigenvalue weighted by atomic mass is 9.61. The van der Waals surface area contributed by atoms with Gasteiger partial charge in [0.2, 0.25) is 0 Å². The second-order valence-corrected chi connectivity index (χ2v) is 14.6. The summed E-state index contributed by atoms with van der Waals surface area (Å²) in [5.41, 5.74) is 4.79. The molecule has 2 aliphatic heterocycles. The maximum Gasteiger partial charge on any atom is 0.257 e. The predicted octanol–water partition coefficient (Wildman–Crippen LogP) is 6.52. The van der Waals surface area contributed by atoms with E-state index < -0.39 is 18.1 Å². The van der Waals surface area contributed by atoms with E-state index in [4.69, 9.17) is 28.3 Å². The third kappa shape index (κ3) is 5.41. The molecule has 1 saturated carbocycles. The quantitative estimate of drug-likeness (QED) is 0.203. The van der Waals surface area contributed by atoms with Gasteiger partial charge in [0.1, 0.15) is 11.7 Å². The highest BCUT2D eigenvalue weighted by Gasteiger charge is 2.45. The number of aromatic nitrogens is 5. The van der Waals surface area contributed by atoms with Crippen LogP contribution in [0.2, 0.25) is 10.0 Å². The summed E-state index contributed by atoms with van der Waals surface area (Å²) < 4.78 is 17.6. The fraction of sp³-hybridized carbons (Fsp3) is 0.394. The highest BCUT2D eigenvalue weighted by atomic mass is 35.5. The van der Waals surface area contributed by atoms with Crippen molar-refractivity contribution in [3.63, 3.8) is 0 Å². The smallest absolute Gasteiger partial charge is 0.257 e. The molecule has 8 rings (SSSR count). The SMILES string of the molecule is O=C(Nc1nccs1)C(c1ncn2c1C[C@@H](F)C2)n1cc2c(Cl)cc(-c3ccc(CN4CCC5(CC4)CC(O)C5)cc3)c(Cl)c2n1. The normalized spacial score (nSPS) is 20.2. The molecule has 3 aromatic heterocycles. The van der Waals surface area contributed by atoms with Crippen LogP contribution in [0.1, 0.15) is 48.7 Å². The van der Waals surface area contributed by atoms with Gasteiger partial charge < -0.3 is 9.67 Å². The molecule has 2 aromatic carbocycles. The second-order valence-electron chi connectivity index (χ2n) is 12.9. The summed E-state index contributed by atoms with van der Waals surface area (Å²) >= 11 is 15.1. The monoisotopic (exact) mass is 679 g/mol. The van der Waals surface area contributed by atoms with Crippen LogP contribution in [-0.4, -0.2) is 65.6 Å². The van der Waals surface area contributed by atoms with Crippen molar-refractivity contribution in [1.29, 1.82) is 0 Å². The summed E-state index contributed by atoms with van der Waals surface area (Å²) in [6.07, 6.45) is 8.10. The van der Waals surface area contributed by atoms with Crippen LogP contribution in [-0.2, 0) is 24.3 Å². The fourth-order valence-electron chi connectivity index (χ4n) is 7.39. The van der Waals surface area contributed by atoms with Gasteiger partial charge in [-0.1, -0.05) is 47.5 Å². The molecular weight excluding hydrogens is 648 g/mol. The minimum Gasteiger partial charge on any atom is -0.393 e. The van der Waals surface area contributed by atoms with Gasteiger partial charge in [0, 0.05) is 47.4 Å². The van der Waals surface area contributed by atoms with Gasteiger partial charge in [-0.3, -0.25) is 19.7 Å². The molecule has 1 saturated heterocycles. The molecule has 1 spiro atoms. The minimum atomic E-state index is -1.04. The van der Waals surface area contributed by atoms with Crippen LogP contribution in [0.3, 0.4) is 0 Å². The number of carbonyl (C=O) groups excluding carboxylic acids is 1. The maximum absolute atomic E-state index is 14.4. The zero-order valence-electron chi connectivity index (χ0n) is 24.9. The third-order valence-electron chi connectivity index (χ3n) is 9.85. The predicted molar refractivity (Wildman–Crippen MR) is 177 cm³/mol. The Bertz CT molecular complexity index is 1910. The largest absolute Gasteiger partial charge is 0.393 e. The lowest BCUT2D eigenvalue weighted by Gasteiger charge is -2.50. The molecule has 0 radical (unpaired) electrons. The van der Waals surface area contributed by atoms with Gasteiger partial charge in [0.05, 0.1) is 34.7 Å². The molecule has 1 amide bonds. The summed E-state index contributed by atoms with van der Waals surface area (Å²) in [7, 11) is 0. The van der Waals surface area contributed by atoms with E-state index in [0.29, 0.717) is 42.9 Å². The number of nitrogens with zero attached hydrogens (tertiary/aromatic N) is 6. The fourth-order valence-corrected chi connectivity index (χ4v) is 8.48. The summed E-state index contributed by atoms with van der Waals surface area (Å²) in [5, 5.41) is 21.1. The number of hydrogen-bond donors (Lipinski definition) is 2. The average Bonchev–Trinajstić information content (AvgIpc) is 3.83. The lowest BCUT2D eigenvalue weighted by Crippen LogP contribution is -2.48. The first-order valence-corrected chi connectivity index (χ1v) is 17.1. The van der Waals surface area contributed by atoms with Crippen LogP contribution in [0.4, 0.5) is 9.52 Å². The molecule has 2 atom stereocenters. The second kappa shape index (κ2) is 11.7. The first kappa shape index (κ1) is 30.0. The maximum atomic E-state index is 14.4. The number of halogens is 3. The van der Waals surface area contributed by atoms with Crippen molar-refractivity contribution in [2.45, 2.75) is 63.5 Å². The molecule has 3 aliphatic rings. The van der Waals surface area contributed by atoms with Gasteiger partial charge >= 0.3 is 0 Å². The van der Waals surface area contributed by atoms with Crippen LogP contribution in [0.5, 0.6) is 0 Å². The van der Waals surface area contributed by atoms with Crippen molar-refractivity contribution in [3.8, 4) is 11.1 Å². The number of benzene rings is 2. The number of likely N-dealkylation sites (tertiary alicyclic amines) is 1. The van der Waals surface area contributed by atoms with E-state index in [-0.39, 0.29) is 19.1 Å². The van der Waals surface area contributed by atoms with E-state index in [0.717, 1.165) is 56.4 Å². The molecule has 46 heavy (non-hydrogen) atoms. The zero-order chi connectivity index (χ0) is 31.6. The summed E-state index contributed by atoms with van der Waals surface area (Å²) in [4.78, 5) is 24.9. The molecule has 5 heterocycles. The van der Waals surface area contributed by atoms with Crippen LogP contribution >= 0.6 is 34.5 Å². The number of hydrogen-bond acceptors (Lipinski definition) is 7. The van der Waals surface area contributed by atoms with Crippen molar-refractivity contribution < 1.29 is 14.3 Å². The van der Waals surface area contributed by atoms with E-state index >= 15 is 0 Å². The van der Waals surface area contributed by atoms with E-state index in [1.807, 2.05) is 6.07 Å². The first-order chi connectivity index (χ1) is 22.2. The van der Waals surface area contributed by atoms with Crippen molar-refractivity contribution in [3.05, 3.63) is 81.4 Å². The average molecular weight is 681 g/mol. The number of nitrogens with one attached hydrogen (secondary N) is 1. The van der Waals surface area contributed by atoms with Crippen LogP contribution in [0.15, 0.2) is 54.4 Å². The number of piperidine rings is 1. The number of alkyl halides is 1. The standard InChI is InChI=1S/C33H32Cl2FN7O2S/c34-25-12-23(20-3-1-19(2-4-20)15-41-8-5-33(6-9-41)13-22(44)14-33)27(35)28-24(25)17-43(40-28)30(31(45)39-32-37-7-10-46-32)29-26-11-21(36)16-42(26)18-38-29/h1-4,7,10,12,17-18,21-22,30,44H,5-6,8-9,11,13-16H2,(H,37,39,45)/t21-,30?/m1/s1. The number of fused-ring (bicyclic) bond motifs is 2. The van der Waals surface area contributed by atoms with Gasteiger partial charge in [-0.25, -0.2) is 14.4 Å². The third-order valence-corrected chi connectivity index (χ3v) is 11.2. The first-order valence-electron chi connectivity index (χ1n) is 15.5. The molecule has 1 aliphatic carbocycles. The van der Waals surface area contributed by atoms with Crippen molar-refractivity contribution in [1.82, 2.24) is 29.2 Å². The molecule has 9 nitrogen and oxygen atoms in total. The minimum absolute atomic E-state index is 0.106. The number of thiazole rings is 1. The Morgan fingerprint density at radius 1 is 1.17 bits per heavy atom. The number of rotatable bonds is 7. The van der Waals surface area contributed by atoms with E-state index in [1.165, 1.54) is 21.6 Å². The molecule has 0 bridgehead atoms. The summed E-state index contributed by atoms with van der Waals surface area (Å²) in [6.45, 7) is 3.18. The van der Waals surface area contributed by atoms with Gasteiger partial charge in [-0.2, -0.15) is 5.10 Å². The molecule has 13 heteroatoms. The molecule has 2 fully saturated rings. The van der Waals surface area contributed by atoms with Crippen LogP contribution in [0, 0.1) is 5.41 Å². The number of amides is 1. The van der Waals surface area contributed by atoms with Gasteiger partial charge in [-0.15, -0.1) is 11.3 Å². The molecule has 1 unspecified atom stereocenters. The van der Waals surface area contributed by atoms with Crippen LogP contribution < -0.4 is 5.32 Å². The highest BCUT2D eigenvalue weighted by Crippen LogP contribution is 2.49.